The lowest BCUT2D eigenvalue weighted by Gasteiger charge is -2.35. The third-order valence-corrected chi connectivity index (χ3v) is 4.89. The first-order valence-electron chi connectivity index (χ1n) is 6.74. The number of piperidine rings is 1. The first-order valence-corrected chi connectivity index (χ1v) is 8.63. The summed E-state index contributed by atoms with van der Waals surface area (Å²) >= 11 is 0. The topological polar surface area (TPSA) is 63.4 Å². The highest BCUT2D eigenvalue weighted by molar-refractivity contribution is 7.90. The van der Waals surface area contributed by atoms with E-state index >= 15 is 0 Å². The Kier molecular flexibility index (Phi) is 6.45. The Morgan fingerprint density at radius 2 is 1.90 bits per heavy atom. The molecule has 114 valence electrons. The number of benzene rings is 1. The molecule has 1 atom stereocenters. The van der Waals surface area contributed by atoms with Gasteiger partial charge in [0, 0.05) is 25.4 Å². The molecule has 1 aliphatic rings. The van der Waals surface area contributed by atoms with E-state index in [2.05, 4.69) is 4.90 Å². The van der Waals surface area contributed by atoms with Crippen molar-refractivity contribution in [3.8, 4) is 0 Å². The quantitative estimate of drug-likeness (QED) is 0.920. The van der Waals surface area contributed by atoms with Gasteiger partial charge in [-0.1, -0.05) is 18.6 Å². The smallest absolute Gasteiger partial charge is 0.175 e. The van der Waals surface area contributed by atoms with Crippen molar-refractivity contribution in [1.82, 2.24) is 4.90 Å². The largest absolute Gasteiger partial charge is 0.329 e. The highest BCUT2D eigenvalue weighted by atomic mass is 35.5. The van der Waals surface area contributed by atoms with Crippen molar-refractivity contribution in [2.45, 2.75) is 36.7 Å². The minimum Gasteiger partial charge on any atom is -0.329 e. The van der Waals surface area contributed by atoms with Gasteiger partial charge in [-0.05, 0) is 37.1 Å². The summed E-state index contributed by atoms with van der Waals surface area (Å²) in [7, 11) is -3.10. The second-order valence-corrected chi connectivity index (χ2v) is 7.29. The molecule has 2 N–H and O–H groups in total. The van der Waals surface area contributed by atoms with Crippen molar-refractivity contribution in [2.75, 3.05) is 19.3 Å². The maximum Gasteiger partial charge on any atom is 0.175 e. The summed E-state index contributed by atoms with van der Waals surface area (Å²) in [5, 5.41) is 0. The summed E-state index contributed by atoms with van der Waals surface area (Å²) in [5.74, 6) is 0. The molecular formula is C14H23ClN2O2S. The molecule has 0 amide bonds. The van der Waals surface area contributed by atoms with Gasteiger partial charge >= 0.3 is 0 Å². The van der Waals surface area contributed by atoms with Crippen LogP contribution in [0, 0.1) is 0 Å². The van der Waals surface area contributed by atoms with Gasteiger partial charge in [0.05, 0.1) is 4.90 Å². The highest BCUT2D eigenvalue weighted by Gasteiger charge is 2.20. The van der Waals surface area contributed by atoms with E-state index in [1.54, 1.807) is 12.1 Å². The fourth-order valence-corrected chi connectivity index (χ4v) is 3.24. The Bertz CT molecular complexity index is 516. The van der Waals surface area contributed by atoms with E-state index in [0.29, 0.717) is 17.5 Å². The fraction of sp³-hybridized carbons (Fsp3) is 0.571. The number of hydrogen-bond donors (Lipinski definition) is 1. The molecule has 1 aromatic carbocycles. The Labute approximate surface area is 127 Å². The van der Waals surface area contributed by atoms with Crippen LogP contribution in [0.5, 0.6) is 0 Å². The van der Waals surface area contributed by atoms with Crippen LogP contribution in [0.4, 0.5) is 0 Å². The predicted octanol–water partition coefficient (Wildman–Crippen LogP) is 1.83. The van der Waals surface area contributed by atoms with Gasteiger partial charge in [-0.3, -0.25) is 4.90 Å². The Hall–Kier alpha value is -0.620. The molecular weight excluding hydrogens is 296 g/mol. The maximum atomic E-state index is 11.4. The Morgan fingerprint density at radius 3 is 2.45 bits per heavy atom. The zero-order valence-corrected chi connectivity index (χ0v) is 13.4. The Balaban J connectivity index is 0.00000200. The van der Waals surface area contributed by atoms with Gasteiger partial charge in [0.2, 0.25) is 0 Å². The van der Waals surface area contributed by atoms with Crippen LogP contribution in [0.1, 0.15) is 24.8 Å². The van der Waals surface area contributed by atoms with Gasteiger partial charge in [0.15, 0.2) is 9.84 Å². The van der Waals surface area contributed by atoms with E-state index in [1.165, 1.54) is 19.1 Å². The average molecular weight is 319 g/mol. The molecule has 6 heteroatoms. The zero-order valence-electron chi connectivity index (χ0n) is 11.8. The summed E-state index contributed by atoms with van der Waals surface area (Å²) in [6.45, 7) is 2.63. The average Bonchev–Trinajstić information content (AvgIpc) is 2.39. The van der Waals surface area contributed by atoms with Gasteiger partial charge < -0.3 is 5.73 Å². The third-order valence-electron chi connectivity index (χ3n) is 3.76. The minimum absolute atomic E-state index is 0. The lowest BCUT2D eigenvalue weighted by atomic mass is 10.0. The van der Waals surface area contributed by atoms with E-state index in [-0.39, 0.29) is 12.4 Å². The standard InChI is InChI=1S/C14H22N2O2S.ClH/c1-19(17,18)14-7-5-12(6-8-14)11-16-9-3-2-4-13(16)10-15;/h5-8,13H,2-4,9-11,15H2,1H3;1H. The van der Waals surface area contributed by atoms with Crippen molar-refractivity contribution < 1.29 is 8.42 Å². The molecule has 0 aliphatic carbocycles. The van der Waals surface area contributed by atoms with Crippen LogP contribution in [0.15, 0.2) is 29.2 Å². The number of rotatable bonds is 4. The molecule has 4 nitrogen and oxygen atoms in total. The third kappa shape index (κ3) is 4.45. The summed E-state index contributed by atoms with van der Waals surface area (Å²) in [4.78, 5) is 2.78. The van der Waals surface area contributed by atoms with Gasteiger partial charge in [-0.25, -0.2) is 8.42 Å². The van der Waals surface area contributed by atoms with Crippen LogP contribution >= 0.6 is 12.4 Å². The predicted molar refractivity (Wildman–Crippen MR) is 83.9 cm³/mol. The monoisotopic (exact) mass is 318 g/mol. The summed E-state index contributed by atoms with van der Waals surface area (Å²) < 4.78 is 22.8. The van der Waals surface area contributed by atoms with Crippen molar-refractivity contribution in [1.29, 1.82) is 0 Å². The fourth-order valence-electron chi connectivity index (χ4n) is 2.61. The van der Waals surface area contributed by atoms with Crippen LogP contribution in [-0.4, -0.2) is 38.7 Å². The van der Waals surface area contributed by atoms with Crippen molar-refractivity contribution in [3.05, 3.63) is 29.8 Å². The zero-order chi connectivity index (χ0) is 13.9. The number of likely N-dealkylation sites (tertiary alicyclic amines) is 1. The molecule has 1 aliphatic heterocycles. The molecule has 0 bridgehead atoms. The molecule has 1 unspecified atom stereocenters. The first kappa shape index (κ1) is 17.4. The van der Waals surface area contributed by atoms with Gasteiger partial charge in [-0.2, -0.15) is 0 Å². The molecule has 1 saturated heterocycles. The number of halogens is 1. The molecule has 1 heterocycles. The van der Waals surface area contributed by atoms with Gasteiger partial charge in [-0.15, -0.1) is 12.4 Å². The minimum atomic E-state index is -3.10. The SMILES string of the molecule is CS(=O)(=O)c1ccc(CN2CCCCC2CN)cc1.Cl. The lowest BCUT2D eigenvalue weighted by molar-refractivity contribution is 0.145. The van der Waals surface area contributed by atoms with Crippen molar-refractivity contribution >= 4 is 22.2 Å². The molecule has 2 rings (SSSR count). The second-order valence-electron chi connectivity index (χ2n) is 5.27. The number of nitrogens with zero attached hydrogens (tertiary/aromatic N) is 1. The van der Waals surface area contributed by atoms with Crippen molar-refractivity contribution in [2.24, 2.45) is 5.73 Å². The van der Waals surface area contributed by atoms with Crippen molar-refractivity contribution in [3.63, 3.8) is 0 Å². The normalized spacial score (nSPS) is 20.4. The molecule has 0 radical (unpaired) electrons. The van der Waals surface area contributed by atoms with E-state index in [1.807, 2.05) is 12.1 Å². The van der Waals surface area contributed by atoms with Crippen LogP contribution in [-0.2, 0) is 16.4 Å². The van der Waals surface area contributed by atoms with Crippen LogP contribution < -0.4 is 5.73 Å². The summed E-state index contributed by atoms with van der Waals surface area (Å²) in [6, 6.07) is 7.64. The van der Waals surface area contributed by atoms with Crippen LogP contribution in [0.25, 0.3) is 0 Å². The number of sulfone groups is 1. The van der Waals surface area contributed by atoms with Gasteiger partial charge in [0.1, 0.15) is 0 Å². The number of nitrogens with two attached hydrogens (primary N) is 1. The van der Waals surface area contributed by atoms with E-state index in [4.69, 9.17) is 5.73 Å². The van der Waals surface area contributed by atoms with Crippen LogP contribution in [0.3, 0.4) is 0 Å². The highest BCUT2D eigenvalue weighted by Crippen LogP contribution is 2.19. The molecule has 20 heavy (non-hydrogen) atoms. The van der Waals surface area contributed by atoms with Crippen LogP contribution in [0.2, 0.25) is 0 Å². The Morgan fingerprint density at radius 1 is 1.25 bits per heavy atom. The molecule has 0 aromatic heterocycles. The maximum absolute atomic E-state index is 11.4. The molecule has 1 aromatic rings. The van der Waals surface area contributed by atoms with E-state index in [9.17, 15) is 8.42 Å². The number of hydrogen-bond acceptors (Lipinski definition) is 4. The summed E-state index contributed by atoms with van der Waals surface area (Å²) in [6.07, 6.45) is 4.87. The van der Waals surface area contributed by atoms with Gasteiger partial charge in [0.25, 0.3) is 0 Å². The first-order chi connectivity index (χ1) is 9.00. The molecule has 1 fully saturated rings. The van der Waals surface area contributed by atoms with E-state index in [0.717, 1.165) is 25.1 Å². The van der Waals surface area contributed by atoms with E-state index < -0.39 is 9.84 Å². The summed E-state index contributed by atoms with van der Waals surface area (Å²) in [5.41, 5.74) is 6.95. The molecule has 0 spiro atoms. The molecule has 0 saturated carbocycles. The second kappa shape index (κ2) is 7.41. The lowest BCUT2D eigenvalue weighted by Crippen LogP contribution is -2.43.